The van der Waals surface area contributed by atoms with E-state index in [9.17, 15) is 4.79 Å². The van der Waals surface area contributed by atoms with Gasteiger partial charge in [-0.1, -0.05) is 0 Å². The predicted octanol–water partition coefficient (Wildman–Crippen LogP) is -1.19. The van der Waals surface area contributed by atoms with Crippen molar-refractivity contribution in [2.45, 2.75) is 19.9 Å². The van der Waals surface area contributed by atoms with Crippen molar-refractivity contribution in [3.8, 4) is 0 Å². The first-order chi connectivity index (χ1) is 8.11. The van der Waals surface area contributed by atoms with Crippen molar-refractivity contribution in [3.05, 3.63) is 0 Å². The van der Waals surface area contributed by atoms with E-state index < -0.39 is 0 Å². The number of aliphatic hydroxyl groups is 2. The van der Waals surface area contributed by atoms with E-state index in [1.807, 2.05) is 18.7 Å². The van der Waals surface area contributed by atoms with E-state index in [0.29, 0.717) is 26.3 Å². The van der Waals surface area contributed by atoms with E-state index in [1.54, 1.807) is 0 Å². The molecule has 0 spiro atoms. The van der Waals surface area contributed by atoms with Crippen molar-refractivity contribution in [2.75, 3.05) is 46.1 Å². The van der Waals surface area contributed by atoms with Gasteiger partial charge in [-0.25, -0.2) is 0 Å². The standard InChI is InChI=1S/C11H24N2O4/c1-10(2)13(4-7-17-8-6-15)9-11(16)12-3-5-14/h10,14-15H,3-9H2,1-2H3,(H,12,16). The maximum absolute atomic E-state index is 11.5. The number of carbonyl (C=O) groups is 1. The van der Waals surface area contributed by atoms with Crippen molar-refractivity contribution in [3.63, 3.8) is 0 Å². The van der Waals surface area contributed by atoms with Crippen LogP contribution in [0.25, 0.3) is 0 Å². The number of rotatable bonds is 10. The fourth-order valence-electron chi connectivity index (χ4n) is 1.30. The first-order valence-corrected chi connectivity index (χ1v) is 5.92. The van der Waals surface area contributed by atoms with Gasteiger partial charge in [-0.2, -0.15) is 0 Å². The molecule has 0 saturated heterocycles. The van der Waals surface area contributed by atoms with Crippen LogP contribution in [-0.2, 0) is 9.53 Å². The van der Waals surface area contributed by atoms with Gasteiger partial charge in [-0.3, -0.25) is 9.69 Å². The van der Waals surface area contributed by atoms with Gasteiger partial charge in [-0.15, -0.1) is 0 Å². The molecule has 0 aliphatic heterocycles. The highest BCUT2D eigenvalue weighted by atomic mass is 16.5. The van der Waals surface area contributed by atoms with Crippen molar-refractivity contribution in [2.24, 2.45) is 0 Å². The molecule has 17 heavy (non-hydrogen) atoms. The molecule has 0 atom stereocenters. The second-order valence-corrected chi connectivity index (χ2v) is 3.97. The lowest BCUT2D eigenvalue weighted by Crippen LogP contribution is -2.43. The molecule has 0 saturated carbocycles. The molecule has 0 unspecified atom stereocenters. The van der Waals surface area contributed by atoms with Gasteiger partial charge in [0.25, 0.3) is 0 Å². The van der Waals surface area contributed by atoms with E-state index in [4.69, 9.17) is 14.9 Å². The van der Waals surface area contributed by atoms with Gasteiger partial charge >= 0.3 is 0 Å². The molecule has 0 bridgehead atoms. The second-order valence-electron chi connectivity index (χ2n) is 3.97. The lowest BCUT2D eigenvalue weighted by molar-refractivity contribution is -0.123. The average Bonchev–Trinajstić information content (AvgIpc) is 2.30. The Balaban J connectivity index is 3.85. The van der Waals surface area contributed by atoms with Crippen LogP contribution in [0.5, 0.6) is 0 Å². The minimum absolute atomic E-state index is 0.0126. The predicted molar refractivity (Wildman–Crippen MR) is 64.7 cm³/mol. The highest BCUT2D eigenvalue weighted by Gasteiger charge is 2.13. The number of carbonyl (C=O) groups excluding carboxylic acids is 1. The molecule has 0 radical (unpaired) electrons. The number of hydrogen-bond donors (Lipinski definition) is 3. The fourth-order valence-corrected chi connectivity index (χ4v) is 1.30. The quantitative estimate of drug-likeness (QED) is 0.424. The van der Waals surface area contributed by atoms with Crippen LogP contribution in [0.2, 0.25) is 0 Å². The highest BCUT2D eigenvalue weighted by molar-refractivity contribution is 5.78. The average molecular weight is 248 g/mol. The molecule has 0 heterocycles. The summed E-state index contributed by atoms with van der Waals surface area (Å²) in [5.74, 6) is -0.102. The van der Waals surface area contributed by atoms with E-state index in [0.717, 1.165) is 0 Å². The molecule has 102 valence electrons. The summed E-state index contributed by atoms with van der Waals surface area (Å²) in [5, 5.41) is 19.8. The third-order valence-corrected chi connectivity index (χ3v) is 2.27. The fraction of sp³-hybridized carbons (Fsp3) is 0.909. The first kappa shape index (κ1) is 16.3. The van der Waals surface area contributed by atoms with Gasteiger partial charge in [-0.05, 0) is 13.8 Å². The molecule has 3 N–H and O–H groups in total. The van der Waals surface area contributed by atoms with E-state index in [-0.39, 0.29) is 31.7 Å². The Morgan fingerprint density at radius 2 is 2.00 bits per heavy atom. The van der Waals surface area contributed by atoms with Crippen molar-refractivity contribution < 1.29 is 19.7 Å². The zero-order valence-corrected chi connectivity index (χ0v) is 10.7. The zero-order valence-electron chi connectivity index (χ0n) is 10.7. The van der Waals surface area contributed by atoms with Crippen molar-refractivity contribution in [1.82, 2.24) is 10.2 Å². The first-order valence-electron chi connectivity index (χ1n) is 5.92. The smallest absolute Gasteiger partial charge is 0.234 e. The van der Waals surface area contributed by atoms with Crippen molar-refractivity contribution >= 4 is 5.91 Å². The van der Waals surface area contributed by atoms with Gasteiger partial charge in [0.1, 0.15) is 0 Å². The molecular formula is C11H24N2O4. The number of nitrogens with one attached hydrogen (secondary N) is 1. The van der Waals surface area contributed by atoms with Gasteiger partial charge < -0.3 is 20.3 Å². The summed E-state index contributed by atoms with van der Waals surface area (Å²) in [6.45, 7) is 6.01. The zero-order chi connectivity index (χ0) is 13.1. The highest BCUT2D eigenvalue weighted by Crippen LogP contribution is 1.97. The van der Waals surface area contributed by atoms with E-state index in [2.05, 4.69) is 5.32 Å². The summed E-state index contributed by atoms with van der Waals surface area (Å²) in [6.07, 6.45) is 0. The Morgan fingerprint density at radius 3 is 2.53 bits per heavy atom. The number of hydrogen-bond acceptors (Lipinski definition) is 5. The number of nitrogens with zero attached hydrogens (tertiary/aromatic N) is 1. The Hall–Kier alpha value is -0.690. The lowest BCUT2D eigenvalue weighted by atomic mass is 10.3. The largest absolute Gasteiger partial charge is 0.395 e. The van der Waals surface area contributed by atoms with Crippen LogP contribution in [0, 0.1) is 0 Å². The molecule has 0 fully saturated rings. The molecule has 0 aliphatic rings. The maximum atomic E-state index is 11.5. The van der Waals surface area contributed by atoms with E-state index in [1.165, 1.54) is 0 Å². The molecule has 0 aromatic carbocycles. The summed E-state index contributed by atoms with van der Waals surface area (Å²) in [6, 6.07) is 0.243. The van der Waals surface area contributed by atoms with Crippen LogP contribution in [-0.4, -0.2) is 73.1 Å². The second kappa shape index (κ2) is 10.5. The third-order valence-electron chi connectivity index (χ3n) is 2.27. The minimum Gasteiger partial charge on any atom is -0.395 e. The molecule has 6 heteroatoms. The Bertz CT molecular complexity index is 200. The molecule has 6 nitrogen and oxygen atoms in total. The summed E-state index contributed by atoms with van der Waals surface area (Å²) < 4.78 is 5.16. The number of aliphatic hydroxyl groups excluding tert-OH is 2. The topological polar surface area (TPSA) is 82.0 Å². The Labute approximate surface area is 103 Å². The summed E-state index contributed by atoms with van der Waals surface area (Å²) in [7, 11) is 0. The monoisotopic (exact) mass is 248 g/mol. The maximum Gasteiger partial charge on any atom is 0.234 e. The van der Waals surface area contributed by atoms with Crippen LogP contribution < -0.4 is 5.32 Å². The molecule has 0 rings (SSSR count). The summed E-state index contributed by atoms with van der Waals surface area (Å²) >= 11 is 0. The van der Waals surface area contributed by atoms with Crippen LogP contribution >= 0.6 is 0 Å². The number of ether oxygens (including phenoxy) is 1. The Morgan fingerprint density at radius 1 is 1.29 bits per heavy atom. The van der Waals surface area contributed by atoms with Crippen LogP contribution in [0.1, 0.15) is 13.8 Å². The van der Waals surface area contributed by atoms with Gasteiger partial charge in [0.2, 0.25) is 5.91 Å². The summed E-state index contributed by atoms with van der Waals surface area (Å²) in [4.78, 5) is 13.4. The molecule has 0 aromatic heterocycles. The molecule has 0 aromatic rings. The van der Waals surface area contributed by atoms with E-state index >= 15 is 0 Å². The Kier molecular flexibility index (Phi) is 10.0. The minimum atomic E-state index is -0.102. The van der Waals surface area contributed by atoms with Gasteiger partial charge in [0.15, 0.2) is 0 Å². The molecular weight excluding hydrogens is 224 g/mol. The summed E-state index contributed by atoms with van der Waals surface area (Å²) in [5.41, 5.74) is 0. The molecule has 1 amide bonds. The van der Waals surface area contributed by atoms with Crippen molar-refractivity contribution in [1.29, 1.82) is 0 Å². The third kappa shape index (κ3) is 9.05. The van der Waals surface area contributed by atoms with Gasteiger partial charge in [0, 0.05) is 19.1 Å². The van der Waals surface area contributed by atoms with Gasteiger partial charge in [0.05, 0.1) is 33.0 Å². The van der Waals surface area contributed by atoms with Crippen LogP contribution in [0.3, 0.4) is 0 Å². The van der Waals surface area contributed by atoms with Crippen LogP contribution in [0.15, 0.2) is 0 Å². The van der Waals surface area contributed by atoms with Crippen LogP contribution in [0.4, 0.5) is 0 Å². The molecule has 0 aliphatic carbocycles. The normalized spacial score (nSPS) is 11.2. The SMILES string of the molecule is CC(C)N(CCOCCO)CC(=O)NCCO. The number of amides is 1. The lowest BCUT2D eigenvalue weighted by Gasteiger charge is -2.25.